The van der Waals surface area contributed by atoms with Crippen LogP contribution < -0.4 is 11.2 Å². The average molecular weight is 750 g/mol. The molecule has 0 spiro atoms. The van der Waals surface area contributed by atoms with Crippen molar-refractivity contribution in [1.29, 1.82) is 0 Å². The third-order valence-corrected chi connectivity index (χ3v) is 12.9. The van der Waals surface area contributed by atoms with E-state index in [-0.39, 0.29) is 29.5 Å². The first-order chi connectivity index (χ1) is 25.0. The molecule has 16 heteroatoms. The van der Waals surface area contributed by atoms with E-state index in [4.69, 9.17) is 38.9 Å². The molecule has 5 rings (SSSR count). The molecule has 3 N–H and O–H groups in total. The number of hydrogen-bond donors (Lipinski definition) is 2. The lowest BCUT2D eigenvalue weighted by Crippen LogP contribution is -2.64. The second kappa shape index (κ2) is 16.3. The Morgan fingerprint density at radius 1 is 0.774 bits per heavy atom. The van der Waals surface area contributed by atoms with Gasteiger partial charge in [-0.05, 0) is 92.3 Å². The number of esters is 5. The molecule has 0 aromatic carbocycles. The van der Waals surface area contributed by atoms with Crippen LogP contribution in [0.1, 0.15) is 99.3 Å². The largest absolute Gasteiger partial charge is 0.467 e. The van der Waals surface area contributed by atoms with Gasteiger partial charge in [0, 0.05) is 33.6 Å². The van der Waals surface area contributed by atoms with E-state index in [1.54, 1.807) is 0 Å². The van der Waals surface area contributed by atoms with Gasteiger partial charge in [-0.25, -0.2) is 15.0 Å². The van der Waals surface area contributed by atoms with Crippen molar-refractivity contribution in [1.82, 2.24) is 5.43 Å². The number of amides is 2. The van der Waals surface area contributed by atoms with Crippen molar-refractivity contribution in [2.45, 2.75) is 136 Å². The van der Waals surface area contributed by atoms with Gasteiger partial charge < -0.3 is 38.9 Å². The van der Waals surface area contributed by atoms with Crippen LogP contribution >= 0.6 is 0 Å². The zero-order valence-electron chi connectivity index (χ0n) is 31.8. The Morgan fingerprint density at radius 2 is 1.40 bits per heavy atom. The monoisotopic (exact) mass is 749 g/mol. The Hall–Kier alpha value is -3.79. The maximum absolute atomic E-state index is 12.9. The number of fused-ring (bicyclic) bond motifs is 5. The Bertz CT molecular complexity index is 1470. The van der Waals surface area contributed by atoms with Gasteiger partial charge in [-0.3, -0.25) is 19.2 Å². The molecule has 2 amide bonds. The van der Waals surface area contributed by atoms with Gasteiger partial charge >= 0.3 is 35.9 Å². The minimum atomic E-state index is -1.51. The molecule has 0 bridgehead atoms. The van der Waals surface area contributed by atoms with Crippen LogP contribution in [0.25, 0.3) is 0 Å². The van der Waals surface area contributed by atoms with Gasteiger partial charge in [-0.2, -0.15) is 5.10 Å². The molecule has 0 aromatic heterocycles. The molecule has 4 saturated carbocycles. The predicted molar refractivity (Wildman–Crippen MR) is 184 cm³/mol. The summed E-state index contributed by atoms with van der Waals surface area (Å²) in [5, 5.41) is 4.32. The number of methoxy groups -OCH3 is 1. The van der Waals surface area contributed by atoms with Gasteiger partial charge in [0.2, 0.25) is 0 Å². The lowest BCUT2D eigenvalue weighted by Gasteiger charge is -2.61. The number of hydrogen-bond acceptors (Lipinski definition) is 14. The van der Waals surface area contributed by atoms with Gasteiger partial charge in [0.15, 0.2) is 30.7 Å². The highest BCUT2D eigenvalue weighted by atomic mass is 16.7. The highest BCUT2D eigenvalue weighted by Crippen LogP contribution is 2.67. The predicted octanol–water partition coefficient (Wildman–Crippen LogP) is 3.31. The Balaban J connectivity index is 1.33. The van der Waals surface area contributed by atoms with Crippen molar-refractivity contribution in [2.24, 2.45) is 51.3 Å². The number of carbonyl (C=O) groups is 6. The van der Waals surface area contributed by atoms with Crippen LogP contribution in [0.4, 0.5) is 4.79 Å². The van der Waals surface area contributed by atoms with Gasteiger partial charge in [0.1, 0.15) is 6.61 Å². The molecular formula is C37H55N3O13. The van der Waals surface area contributed by atoms with E-state index in [1.807, 2.05) is 0 Å². The van der Waals surface area contributed by atoms with E-state index < -0.39 is 66.6 Å². The normalized spacial score (nSPS) is 39.2. The molecule has 0 unspecified atom stereocenters. The minimum Gasteiger partial charge on any atom is -0.467 e. The highest BCUT2D eigenvalue weighted by Gasteiger charge is 2.62. The first kappa shape index (κ1) is 40.4. The molecule has 5 fully saturated rings. The number of primary amides is 1. The fourth-order valence-corrected chi connectivity index (χ4v) is 10.8. The number of carbonyl (C=O) groups excluding carboxylic acids is 6. The molecule has 5 aliphatic rings. The van der Waals surface area contributed by atoms with E-state index in [0.717, 1.165) is 65.9 Å². The molecule has 1 aliphatic heterocycles. The maximum Gasteiger partial charge on any atom is 0.339 e. The molecule has 1 heterocycles. The van der Waals surface area contributed by atoms with Crippen LogP contribution in [-0.4, -0.2) is 92.1 Å². The van der Waals surface area contributed by atoms with E-state index in [9.17, 15) is 28.8 Å². The van der Waals surface area contributed by atoms with Crippen molar-refractivity contribution in [2.75, 3.05) is 13.7 Å². The standard InChI is InChI=1S/C37H55N3O13/c1-18(41)48-17-28(39-40-35(38)46)27-11-10-25-24-9-8-22-16-23(12-14-36(22,5)26(24)13-15-37(25,27)6)52-34-32(51-21(4)44)30(50-20(3)43)29(49-19(2)42)31(53-34)33(45)47-7/h22-27,29-32,34H,8-17H2,1-7H3,(H3,38,40,46)/b39-28-/t22-,23-,24+,25-,26+,27-,29+,30+,31-,32-,34-,36-,37+/m1/s1. The molecule has 13 atom stereocenters. The van der Waals surface area contributed by atoms with Crippen molar-refractivity contribution in [3.63, 3.8) is 0 Å². The van der Waals surface area contributed by atoms with Crippen LogP contribution in [0.2, 0.25) is 0 Å². The second-order valence-corrected chi connectivity index (χ2v) is 15.9. The summed E-state index contributed by atoms with van der Waals surface area (Å²) in [6.45, 7) is 9.55. The lowest BCUT2D eigenvalue weighted by atomic mass is 9.44. The topological polar surface area (TPSA) is 217 Å². The SMILES string of the molecule is COC(=O)[C@@H]1O[C@@H](O[C@@H]2CC[C@]3(C)[C@H](CC[C@H]4[C@H]5CC[C@H](/C(COC(C)=O)=N\NC(N)=O)[C@@]5(C)CC[C@@H]43)C2)[C@H](OC(C)=O)[C@@H](OC(C)=O)[C@@H]1OC(C)=O. The molecule has 4 aliphatic carbocycles. The molecule has 0 radical (unpaired) electrons. The molecule has 16 nitrogen and oxygen atoms in total. The first-order valence-electron chi connectivity index (χ1n) is 18.6. The number of rotatable bonds is 10. The zero-order chi connectivity index (χ0) is 38.8. The molecular weight excluding hydrogens is 694 g/mol. The fourth-order valence-electron chi connectivity index (χ4n) is 10.8. The molecule has 53 heavy (non-hydrogen) atoms. The molecule has 296 valence electrons. The summed E-state index contributed by atoms with van der Waals surface area (Å²) in [5.41, 5.74) is 8.29. The lowest BCUT2D eigenvalue weighted by molar-refractivity contribution is -0.315. The summed E-state index contributed by atoms with van der Waals surface area (Å²) >= 11 is 0. The van der Waals surface area contributed by atoms with Crippen LogP contribution in [0.15, 0.2) is 5.10 Å². The number of urea groups is 1. The third kappa shape index (κ3) is 8.48. The second-order valence-electron chi connectivity index (χ2n) is 15.9. The van der Waals surface area contributed by atoms with Crippen molar-refractivity contribution < 1.29 is 61.9 Å². The first-order valence-corrected chi connectivity index (χ1v) is 18.6. The van der Waals surface area contributed by atoms with Crippen molar-refractivity contribution in [3.05, 3.63) is 0 Å². The summed E-state index contributed by atoms with van der Waals surface area (Å²) in [7, 11) is 1.15. The quantitative estimate of drug-likeness (QED) is 0.108. The summed E-state index contributed by atoms with van der Waals surface area (Å²) in [4.78, 5) is 72.7. The van der Waals surface area contributed by atoms with Gasteiger partial charge in [-0.1, -0.05) is 13.8 Å². The number of hydrazone groups is 1. The van der Waals surface area contributed by atoms with E-state index in [2.05, 4.69) is 24.4 Å². The number of nitrogens with one attached hydrogen (secondary N) is 1. The van der Waals surface area contributed by atoms with E-state index in [1.165, 1.54) is 13.8 Å². The smallest absolute Gasteiger partial charge is 0.339 e. The van der Waals surface area contributed by atoms with Crippen LogP contribution in [0, 0.1) is 40.4 Å². The fraction of sp³-hybridized carbons (Fsp3) is 0.811. The highest BCUT2D eigenvalue weighted by molar-refractivity contribution is 5.91. The minimum absolute atomic E-state index is 0.00723. The number of ether oxygens (including phenoxy) is 7. The number of nitrogens with two attached hydrogens (primary N) is 1. The van der Waals surface area contributed by atoms with Crippen LogP contribution in [0.5, 0.6) is 0 Å². The summed E-state index contributed by atoms with van der Waals surface area (Å²) < 4.78 is 39.4. The third-order valence-electron chi connectivity index (χ3n) is 12.9. The Labute approximate surface area is 309 Å². The maximum atomic E-state index is 12.9. The average Bonchev–Trinajstić information content (AvgIpc) is 3.43. The molecule has 1 saturated heterocycles. The zero-order valence-corrected chi connectivity index (χ0v) is 31.8. The Morgan fingerprint density at radius 3 is 2.02 bits per heavy atom. The summed E-state index contributed by atoms with van der Waals surface area (Å²) in [5.74, 6) is -1.71. The van der Waals surface area contributed by atoms with E-state index in [0.29, 0.717) is 42.2 Å². The van der Waals surface area contributed by atoms with Gasteiger partial charge in [-0.15, -0.1) is 0 Å². The van der Waals surface area contributed by atoms with Crippen LogP contribution in [0.3, 0.4) is 0 Å². The van der Waals surface area contributed by atoms with Gasteiger partial charge in [0.25, 0.3) is 0 Å². The van der Waals surface area contributed by atoms with E-state index >= 15 is 0 Å². The van der Waals surface area contributed by atoms with Gasteiger partial charge in [0.05, 0.1) is 18.9 Å². The number of nitrogens with zero attached hydrogens (tertiary/aromatic N) is 1. The summed E-state index contributed by atoms with van der Waals surface area (Å²) in [6, 6.07) is -0.768. The summed E-state index contributed by atoms with van der Waals surface area (Å²) in [6.07, 6.45) is 0.869. The Kier molecular flexibility index (Phi) is 12.4. The van der Waals surface area contributed by atoms with Crippen LogP contribution in [-0.2, 0) is 57.1 Å². The van der Waals surface area contributed by atoms with Crippen molar-refractivity contribution >= 4 is 41.6 Å². The molecule has 0 aromatic rings. The van der Waals surface area contributed by atoms with Crippen molar-refractivity contribution in [3.8, 4) is 0 Å².